The van der Waals surface area contributed by atoms with Gasteiger partial charge in [0, 0.05) is 31.9 Å². The molecule has 1 aliphatic heterocycles. The molecule has 1 aliphatic rings. The molecule has 4 rings (SSSR count). The van der Waals surface area contributed by atoms with Gasteiger partial charge in [-0.3, -0.25) is 0 Å². The molecule has 26 heavy (non-hydrogen) atoms. The van der Waals surface area contributed by atoms with Gasteiger partial charge in [0.05, 0.1) is 24.2 Å². The summed E-state index contributed by atoms with van der Waals surface area (Å²) in [5.41, 5.74) is 1.78. The fraction of sp³-hybridized carbons (Fsp3) is 0.312. The number of sulfonamides is 1. The van der Waals surface area contributed by atoms with E-state index >= 15 is 0 Å². The van der Waals surface area contributed by atoms with Crippen molar-refractivity contribution >= 4 is 26.6 Å². The lowest BCUT2D eigenvalue weighted by molar-refractivity contribution is 0.383. The molecule has 0 amide bonds. The van der Waals surface area contributed by atoms with Crippen molar-refractivity contribution in [3.8, 4) is 5.88 Å². The van der Waals surface area contributed by atoms with Crippen LogP contribution in [-0.4, -0.2) is 61.1 Å². The van der Waals surface area contributed by atoms with Crippen LogP contribution >= 0.6 is 0 Å². The zero-order valence-corrected chi connectivity index (χ0v) is 14.9. The number of aromatic nitrogens is 3. The predicted molar refractivity (Wildman–Crippen MR) is 93.6 cm³/mol. The fourth-order valence-corrected chi connectivity index (χ4v) is 4.32. The maximum Gasteiger partial charge on any atom is 0.248 e. The highest BCUT2D eigenvalue weighted by Gasteiger charge is 2.29. The van der Waals surface area contributed by atoms with Gasteiger partial charge >= 0.3 is 0 Å². The third-order valence-electron chi connectivity index (χ3n) is 4.43. The number of rotatable bonds is 4. The smallest absolute Gasteiger partial charge is 0.248 e. The molecular formula is C16H17N5O4S. The predicted octanol–water partition coefficient (Wildman–Crippen LogP) is 1.14. The molecule has 136 valence electrons. The molecule has 10 heteroatoms. The lowest BCUT2D eigenvalue weighted by atomic mass is 10.2. The van der Waals surface area contributed by atoms with Crippen molar-refractivity contribution in [1.29, 1.82) is 0 Å². The number of methoxy groups -OCH3 is 1. The molecule has 3 aromatic rings. The van der Waals surface area contributed by atoms with Gasteiger partial charge in [0.1, 0.15) is 17.5 Å². The van der Waals surface area contributed by atoms with E-state index < -0.39 is 10.0 Å². The number of anilines is 1. The van der Waals surface area contributed by atoms with Crippen LogP contribution in [0.15, 0.2) is 46.4 Å². The van der Waals surface area contributed by atoms with Gasteiger partial charge in [-0.2, -0.15) is 4.31 Å². The zero-order valence-electron chi connectivity index (χ0n) is 14.1. The Hall–Kier alpha value is -2.72. The van der Waals surface area contributed by atoms with Crippen LogP contribution in [0.2, 0.25) is 0 Å². The Morgan fingerprint density at radius 3 is 2.65 bits per heavy atom. The second kappa shape index (κ2) is 6.54. The molecule has 0 N–H and O–H groups in total. The van der Waals surface area contributed by atoms with E-state index in [0.29, 0.717) is 32.1 Å². The molecule has 0 spiro atoms. The summed E-state index contributed by atoms with van der Waals surface area (Å²) in [6.45, 7) is 1.92. The molecule has 1 saturated heterocycles. The van der Waals surface area contributed by atoms with E-state index in [1.54, 1.807) is 7.11 Å². The second-order valence-corrected chi connectivity index (χ2v) is 7.77. The van der Waals surface area contributed by atoms with E-state index in [4.69, 9.17) is 4.74 Å². The highest BCUT2D eigenvalue weighted by Crippen LogP contribution is 2.27. The summed E-state index contributed by atoms with van der Waals surface area (Å²) in [4.78, 5) is 10.6. The Morgan fingerprint density at radius 2 is 1.96 bits per heavy atom. The van der Waals surface area contributed by atoms with Gasteiger partial charge in [-0.15, -0.1) is 0 Å². The molecule has 0 saturated carbocycles. The number of benzene rings is 1. The topological polar surface area (TPSA) is 102 Å². The van der Waals surface area contributed by atoms with Gasteiger partial charge in [-0.05, 0) is 18.2 Å². The maximum absolute atomic E-state index is 12.5. The van der Waals surface area contributed by atoms with E-state index in [1.165, 1.54) is 16.8 Å². The van der Waals surface area contributed by atoms with Crippen molar-refractivity contribution in [3.05, 3.63) is 37.0 Å². The summed E-state index contributed by atoms with van der Waals surface area (Å²) in [6, 6.07) is 5.85. The average Bonchev–Trinajstić information content (AvgIpc) is 3.23. The minimum Gasteiger partial charge on any atom is -0.480 e. The van der Waals surface area contributed by atoms with Gasteiger partial charge in [-0.25, -0.2) is 18.4 Å². The second-order valence-electron chi connectivity index (χ2n) is 5.84. The molecule has 3 heterocycles. The Morgan fingerprint density at radius 1 is 1.15 bits per heavy atom. The van der Waals surface area contributed by atoms with E-state index in [2.05, 4.69) is 24.5 Å². The fourth-order valence-electron chi connectivity index (χ4n) is 3.04. The Bertz CT molecular complexity index is 1010. The summed E-state index contributed by atoms with van der Waals surface area (Å²) >= 11 is 0. The SMILES string of the molecule is COc1ncnc2ccc(N3CCN(S(=O)(=O)c4cnoc4)CC3)cc12. The maximum atomic E-state index is 12.5. The Labute approximate surface area is 150 Å². The van der Waals surface area contributed by atoms with Gasteiger partial charge in [0.15, 0.2) is 0 Å². The van der Waals surface area contributed by atoms with Crippen LogP contribution in [0.4, 0.5) is 5.69 Å². The number of piperazine rings is 1. The van der Waals surface area contributed by atoms with Crippen molar-refractivity contribution in [1.82, 2.24) is 19.4 Å². The molecule has 9 nitrogen and oxygen atoms in total. The molecule has 0 bridgehead atoms. The average molecular weight is 375 g/mol. The highest BCUT2D eigenvalue weighted by atomic mass is 32.2. The van der Waals surface area contributed by atoms with Gasteiger partial charge in [0.25, 0.3) is 0 Å². The minimum absolute atomic E-state index is 0.0820. The number of fused-ring (bicyclic) bond motifs is 1. The van der Waals surface area contributed by atoms with E-state index in [-0.39, 0.29) is 4.90 Å². The van der Waals surface area contributed by atoms with Gasteiger partial charge in [0.2, 0.25) is 15.9 Å². The molecule has 0 aliphatic carbocycles. The summed E-state index contributed by atoms with van der Waals surface area (Å²) in [5.74, 6) is 0.519. The number of nitrogens with zero attached hydrogens (tertiary/aromatic N) is 5. The third kappa shape index (κ3) is 2.86. The first-order chi connectivity index (χ1) is 12.6. The van der Waals surface area contributed by atoms with Crippen LogP contribution in [0.25, 0.3) is 10.9 Å². The summed E-state index contributed by atoms with van der Waals surface area (Å²) in [7, 11) is -1.99. The summed E-state index contributed by atoms with van der Waals surface area (Å²) in [5, 5.41) is 4.30. The zero-order chi connectivity index (χ0) is 18.1. The van der Waals surface area contributed by atoms with Crippen LogP contribution in [0.3, 0.4) is 0 Å². The first kappa shape index (κ1) is 16.7. The minimum atomic E-state index is -3.56. The molecule has 0 radical (unpaired) electrons. The van der Waals surface area contributed by atoms with Crippen LogP contribution in [0, 0.1) is 0 Å². The van der Waals surface area contributed by atoms with Gasteiger partial charge in [-0.1, -0.05) is 5.16 Å². The summed E-state index contributed by atoms with van der Waals surface area (Å²) < 4.78 is 36.4. The molecule has 1 fully saturated rings. The number of ether oxygens (including phenoxy) is 1. The quantitative estimate of drug-likeness (QED) is 0.669. The molecular weight excluding hydrogens is 358 g/mol. The number of hydrogen-bond donors (Lipinski definition) is 0. The van der Waals surface area contributed by atoms with Crippen LogP contribution in [-0.2, 0) is 10.0 Å². The largest absolute Gasteiger partial charge is 0.480 e. The standard InChI is InChI=1S/C16H17N5O4S/c1-24-16-14-8-12(2-3-15(14)17-11-18-16)20-4-6-21(7-5-20)26(22,23)13-9-19-25-10-13/h2-3,8-11H,4-7H2,1H3. The van der Waals surface area contributed by atoms with E-state index in [0.717, 1.165) is 22.9 Å². The van der Waals surface area contributed by atoms with Crippen molar-refractivity contribution < 1.29 is 17.7 Å². The Kier molecular flexibility index (Phi) is 4.21. The summed E-state index contributed by atoms with van der Waals surface area (Å²) in [6.07, 6.45) is 3.84. The lowest BCUT2D eigenvalue weighted by Gasteiger charge is -2.35. The van der Waals surface area contributed by atoms with Crippen molar-refractivity contribution in [3.63, 3.8) is 0 Å². The van der Waals surface area contributed by atoms with E-state index in [1.807, 2.05) is 18.2 Å². The molecule has 1 aromatic carbocycles. The monoisotopic (exact) mass is 375 g/mol. The van der Waals surface area contributed by atoms with Crippen molar-refractivity contribution in [2.45, 2.75) is 4.90 Å². The number of hydrogen-bond acceptors (Lipinski definition) is 8. The Balaban J connectivity index is 1.54. The normalized spacial score (nSPS) is 16.1. The van der Waals surface area contributed by atoms with E-state index in [9.17, 15) is 8.42 Å². The highest BCUT2D eigenvalue weighted by molar-refractivity contribution is 7.89. The van der Waals surface area contributed by atoms with Crippen molar-refractivity contribution in [2.24, 2.45) is 0 Å². The van der Waals surface area contributed by atoms with Crippen LogP contribution < -0.4 is 9.64 Å². The van der Waals surface area contributed by atoms with Gasteiger partial charge < -0.3 is 14.2 Å². The molecule has 2 aromatic heterocycles. The first-order valence-electron chi connectivity index (χ1n) is 8.03. The van der Waals surface area contributed by atoms with Crippen LogP contribution in [0.1, 0.15) is 0 Å². The lowest BCUT2D eigenvalue weighted by Crippen LogP contribution is -2.48. The first-order valence-corrected chi connectivity index (χ1v) is 9.47. The molecule has 0 atom stereocenters. The van der Waals surface area contributed by atoms with Crippen LogP contribution in [0.5, 0.6) is 5.88 Å². The third-order valence-corrected chi connectivity index (χ3v) is 6.27. The molecule has 0 unspecified atom stereocenters. The van der Waals surface area contributed by atoms with Crippen molar-refractivity contribution in [2.75, 3.05) is 38.2 Å².